The minimum absolute atomic E-state index is 0.0606. The van der Waals surface area contributed by atoms with Crippen LogP contribution in [0.2, 0.25) is 0 Å². The quantitative estimate of drug-likeness (QED) is 0.429. The fraction of sp³-hybridized carbons (Fsp3) is 0.533. The van der Waals surface area contributed by atoms with Gasteiger partial charge in [-0.2, -0.15) is 0 Å². The summed E-state index contributed by atoms with van der Waals surface area (Å²) in [5.74, 6) is -0.202. The van der Waals surface area contributed by atoms with Crippen molar-refractivity contribution >= 4 is 5.97 Å². The third kappa shape index (κ3) is 3.33. The van der Waals surface area contributed by atoms with E-state index in [4.69, 9.17) is 14.2 Å². The van der Waals surface area contributed by atoms with E-state index in [0.29, 0.717) is 6.61 Å². The van der Waals surface area contributed by atoms with Crippen molar-refractivity contribution in [1.82, 2.24) is 0 Å². The second kappa shape index (κ2) is 6.17. The first-order valence-corrected chi connectivity index (χ1v) is 6.40. The molecular formula is C15H20O4. The number of ether oxygens (including phenoxy) is 3. The number of esters is 1. The van der Waals surface area contributed by atoms with Crippen LogP contribution in [0, 0.1) is 11.3 Å². The van der Waals surface area contributed by atoms with Crippen molar-refractivity contribution in [2.24, 2.45) is 11.3 Å². The molecule has 1 aliphatic rings. The van der Waals surface area contributed by atoms with Gasteiger partial charge in [0.15, 0.2) is 0 Å². The minimum Gasteiger partial charge on any atom is -0.469 e. The Balaban J connectivity index is 2.02. The van der Waals surface area contributed by atoms with Crippen molar-refractivity contribution < 1.29 is 19.0 Å². The highest BCUT2D eigenvalue weighted by atomic mass is 16.7. The Labute approximate surface area is 113 Å². The molecule has 1 aliphatic carbocycles. The molecule has 0 aliphatic heterocycles. The number of carbonyl (C=O) groups excluding carboxylic acids is 1. The van der Waals surface area contributed by atoms with Crippen LogP contribution < -0.4 is 0 Å². The van der Waals surface area contributed by atoms with Crippen LogP contribution in [-0.2, 0) is 25.4 Å². The Morgan fingerprint density at radius 1 is 1.32 bits per heavy atom. The van der Waals surface area contributed by atoms with E-state index in [1.165, 1.54) is 12.7 Å². The van der Waals surface area contributed by atoms with E-state index in [0.717, 1.165) is 12.8 Å². The predicted molar refractivity (Wildman–Crippen MR) is 70.5 cm³/mol. The summed E-state index contributed by atoms with van der Waals surface area (Å²) in [6.07, 6.45) is 1.65. The molecule has 4 nitrogen and oxygen atoms in total. The number of benzene rings is 1. The van der Waals surface area contributed by atoms with E-state index < -0.39 is 0 Å². The van der Waals surface area contributed by atoms with Crippen molar-refractivity contribution in [2.45, 2.75) is 12.8 Å². The zero-order chi connectivity index (χ0) is 13.7. The van der Waals surface area contributed by atoms with Crippen molar-refractivity contribution in [2.75, 3.05) is 27.6 Å². The SMILES string of the molecule is COCOC[C@@]1(Cc2ccccc2)C[C@H]1C(=O)OC. The molecule has 0 spiro atoms. The summed E-state index contributed by atoms with van der Waals surface area (Å²) in [6.45, 7) is 0.778. The average Bonchev–Trinajstić information content (AvgIpc) is 3.14. The monoisotopic (exact) mass is 264 g/mol. The van der Waals surface area contributed by atoms with Crippen molar-refractivity contribution in [3.05, 3.63) is 35.9 Å². The highest BCUT2D eigenvalue weighted by molar-refractivity contribution is 5.77. The van der Waals surface area contributed by atoms with Crippen molar-refractivity contribution in [1.29, 1.82) is 0 Å². The van der Waals surface area contributed by atoms with E-state index in [1.807, 2.05) is 18.2 Å². The molecule has 0 unspecified atom stereocenters. The minimum atomic E-state index is -0.142. The summed E-state index contributed by atoms with van der Waals surface area (Å²) in [5, 5.41) is 0. The summed E-state index contributed by atoms with van der Waals surface area (Å²) in [4.78, 5) is 11.7. The first-order valence-electron chi connectivity index (χ1n) is 6.40. The molecule has 104 valence electrons. The molecule has 0 heterocycles. The molecule has 0 amide bonds. The first kappa shape index (κ1) is 14.0. The number of hydrogen-bond donors (Lipinski definition) is 0. The smallest absolute Gasteiger partial charge is 0.309 e. The number of hydrogen-bond acceptors (Lipinski definition) is 4. The zero-order valence-electron chi connectivity index (χ0n) is 11.4. The highest BCUT2D eigenvalue weighted by Gasteiger charge is 2.58. The molecule has 2 atom stereocenters. The highest BCUT2D eigenvalue weighted by Crippen LogP contribution is 2.55. The molecule has 1 aromatic carbocycles. The summed E-state index contributed by atoms with van der Waals surface area (Å²) < 4.78 is 15.2. The van der Waals surface area contributed by atoms with Crippen LogP contribution in [0.3, 0.4) is 0 Å². The van der Waals surface area contributed by atoms with E-state index in [-0.39, 0.29) is 24.1 Å². The van der Waals surface area contributed by atoms with Crippen molar-refractivity contribution in [3.63, 3.8) is 0 Å². The van der Waals surface area contributed by atoms with Gasteiger partial charge in [-0.3, -0.25) is 4.79 Å². The lowest BCUT2D eigenvalue weighted by Gasteiger charge is -2.17. The summed E-state index contributed by atoms with van der Waals surface area (Å²) in [6, 6.07) is 10.2. The Bertz CT molecular complexity index is 417. The summed E-state index contributed by atoms with van der Waals surface area (Å²) >= 11 is 0. The van der Waals surface area contributed by atoms with Gasteiger partial charge < -0.3 is 14.2 Å². The average molecular weight is 264 g/mol. The first-order chi connectivity index (χ1) is 9.22. The third-order valence-electron chi connectivity index (χ3n) is 3.67. The Hall–Kier alpha value is -1.39. The Morgan fingerprint density at radius 2 is 2.05 bits per heavy atom. The molecule has 1 saturated carbocycles. The standard InChI is InChI=1S/C15H20O4/c1-17-11-19-10-15(9-13(15)14(16)18-2)8-12-6-4-3-5-7-12/h3-7,13H,8-11H2,1-2H3/t13-,15+/m0/s1. The van der Waals surface area contributed by atoms with Gasteiger partial charge in [-0.25, -0.2) is 0 Å². The van der Waals surface area contributed by atoms with Gasteiger partial charge in [-0.1, -0.05) is 30.3 Å². The molecule has 0 N–H and O–H groups in total. The van der Waals surface area contributed by atoms with Crippen LogP contribution in [0.15, 0.2) is 30.3 Å². The van der Waals surface area contributed by atoms with Crippen molar-refractivity contribution in [3.8, 4) is 0 Å². The molecule has 2 rings (SSSR count). The molecule has 4 heteroatoms. The predicted octanol–water partition coefficient (Wildman–Crippen LogP) is 2.03. The number of methoxy groups -OCH3 is 2. The van der Waals surface area contributed by atoms with Crippen LogP contribution in [-0.4, -0.2) is 33.6 Å². The van der Waals surface area contributed by atoms with E-state index in [2.05, 4.69) is 12.1 Å². The number of rotatable bonds is 7. The lowest BCUT2D eigenvalue weighted by molar-refractivity contribution is -0.144. The molecular weight excluding hydrogens is 244 g/mol. The van der Waals surface area contributed by atoms with Gasteiger partial charge in [0.25, 0.3) is 0 Å². The maximum Gasteiger partial charge on any atom is 0.309 e. The fourth-order valence-corrected chi connectivity index (χ4v) is 2.56. The van der Waals surface area contributed by atoms with Gasteiger partial charge in [-0.05, 0) is 18.4 Å². The summed E-state index contributed by atoms with van der Waals surface area (Å²) in [5.41, 5.74) is 1.09. The van der Waals surface area contributed by atoms with Gasteiger partial charge in [0.1, 0.15) is 6.79 Å². The lowest BCUT2D eigenvalue weighted by atomic mass is 9.94. The zero-order valence-corrected chi connectivity index (χ0v) is 11.4. The van der Waals surface area contributed by atoms with Gasteiger partial charge in [0.05, 0.1) is 19.6 Å². The largest absolute Gasteiger partial charge is 0.469 e. The molecule has 0 bridgehead atoms. The third-order valence-corrected chi connectivity index (χ3v) is 3.67. The van der Waals surface area contributed by atoms with E-state index in [9.17, 15) is 4.79 Å². The molecule has 1 aromatic rings. The van der Waals surface area contributed by atoms with E-state index in [1.54, 1.807) is 7.11 Å². The van der Waals surface area contributed by atoms with Crippen LogP contribution in [0.4, 0.5) is 0 Å². The van der Waals surface area contributed by atoms with Gasteiger partial charge in [0, 0.05) is 12.5 Å². The molecule has 0 radical (unpaired) electrons. The maximum absolute atomic E-state index is 11.7. The molecule has 1 fully saturated rings. The van der Waals surface area contributed by atoms with Gasteiger partial charge in [0.2, 0.25) is 0 Å². The second-order valence-electron chi connectivity index (χ2n) is 5.06. The molecule has 0 aromatic heterocycles. The lowest BCUT2D eigenvalue weighted by Crippen LogP contribution is -2.21. The van der Waals surface area contributed by atoms with Crippen LogP contribution in [0.25, 0.3) is 0 Å². The Morgan fingerprint density at radius 3 is 2.68 bits per heavy atom. The maximum atomic E-state index is 11.7. The summed E-state index contributed by atoms with van der Waals surface area (Å²) in [7, 11) is 3.03. The van der Waals surface area contributed by atoms with Crippen LogP contribution >= 0.6 is 0 Å². The molecule has 19 heavy (non-hydrogen) atoms. The van der Waals surface area contributed by atoms with E-state index >= 15 is 0 Å². The normalized spacial score (nSPS) is 25.1. The Kier molecular flexibility index (Phi) is 4.56. The van der Waals surface area contributed by atoms with Gasteiger partial charge in [-0.15, -0.1) is 0 Å². The van der Waals surface area contributed by atoms with Crippen LogP contribution in [0.1, 0.15) is 12.0 Å². The topological polar surface area (TPSA) is 44.8 Å². The molecule has 0 saturated heterocycles. The van der Waals surface area contributed by atoms with Crippen LogP contribution in [0.5, 0.6) is 0 Å². The number of carbonyl (C=O) groups is 1. The second-order valence-corrected chi connectivity index (χ2v) is 5.06. The fourth-order valence-electron chi connectivity index (χ4n) is 2.56. The van der Waals surface area contributed by atoms with Gasteiger partial charge >= 0.3 is 5.97 Å².